The molecule has 2 aliphatic rings. The molecule has 0 spiro atoms. The minimum Gasteiger partial charge on any atom is -0.475 e. The van der Waals surface area contributed by atoms with Crippen LogP contribution in [0.15, 0.2) is 10.5 Å². The fourth-order valence-electron chi connectivity index (χ4n) is 4.86. The number of carboxylic acid groups (broad SMARTS) is 1. The van der Waals surface area contributed by atoms with E-state index in [4.69, 9.17) is 9.52 Å². The minimum atomic E-state index is -0.994. The maximum Gasteiger partial charge on any atom is 0.372 e. The molecule has 0 aliphatic heterocycles. The largest absolute Gasteiger partial charge is 0.475 e. The molecule has 1 aromatic heterocycles. The zero-order valence-electron chi connectivity index (χ0n) is 13.3. The van der Waals surface area contributed by atoms with Crippen molar-refractivity contribution in [2.45, 2.75) is 59.5 Å². The molecule has 4 nitrogen and oxygen atoms in total. The predicted molar refractivity (Wildman–Crippen MR) is 80.3 cm³/mol. The molecule has 0 amide bonds. The summed E-state index contributed by atoms with van der Waals surface area (Å²) in [6.45, 7) is 9.48. The summed E-state index contributed by atoms with van der Waals surface area (Å²) in [7, 11) is 0. The van der Waals surface area contributed by atoms with Gasteiger partial charge in [0.15, 0.2) is 0 Å². The Labute approximate surface area is 125 Å². The van der Waals surface area contributed by atoms with Crippen molar-refractivity contribution in [2.75, 3.05) is 0 Å². The summed E-state index contributed by atoms with van der Waals surface area (Å²) in [4.78, 5) is 11.0. The Morgan fingerprint density at radius 2 is 2.19 bits per heavy atom. The average Bonchev–Trinajstić information content (AvgIpc) is 2.98. The van der Waals surface area contributed by atoms with Gasteiger partial charge in [0, 0.05) is 11.6 Å². The highest BCUT2D eigenvalue weighted by atomic mass is 16.4. The lowest BCUT2D eigenvalue weighted by Crippen LogP contribution is -2.49. The van der Waals surface area contributed by atoms with Gasteiger partial charge in [0.05, 0.1) is 6.54 Å². The van der Waals surface area contributed by atoms with E-state index < -0.39 is 5.97 Å². The molecule has 1 aromatic rings. The van der Waals surface area contributed by atoms with Gasteiger partial charge >= 0.3 is 5.97 Å². The molecule has 2 saturated carbocycles. The summed E-state index contributed by atoms with van der Waals surface area (Å²) in [5, 5.41) is 12.7. The van der Waals surface area contributed by atoms with E-state index in [1.54, 1.807) is 6.92 Å². The first-order valence-corrected chi connectivity index (χ1v) is 7.80. The molecular formula is C17H25NO3. The monoisotopic (exact) mass is 291 g/mol. The molecule has 116 valence electrons. The SMILES string of the molecule is Cc1cc(CNC2C3(C)CCC(C3)C2(C)C)oc1C(=O)O. The molecule has 2 fully saturated rings. The summed E-state index contributed by atoms with van der Waals surface area (Å²) in [6, 6.07) is 2.29. The number of hydrogen-bond donors (Lipinski definition) is 2. The maximum absolute atomic E-state index is 11.0. The number of fused-ring (bicyclic) bond motifs is 2. The highest BCUT2D eigenvalue weighted by molar-refractivity contribution is 5.86. The molecule has 21 heavy (non-hydrogen) atoms. The zero-order valence-corrected chi connectivity index (χ0v) is 13.3. The normalized spacial score (nSPS) is 33.5. The van der Waals surface area contributed by atoms with Gasteiger partial charge in [-0.2, -0.15) is 0 Å². The zero-order chi connectivity index (χ0) is 15.4. The first-order valence-electron chi connectivity index (χ1n) is 7.80. The van der Waals surface area contributed by atoms with Crippen LogP contribution in [-0.2, 0) is 6.54 Å². The first kappa shape index (κ1) is 14.6. The number of furan rings is 1. The Morgan fingerprint density at radius 1 is 1.48 bits per heavy atom. The van der Waals surface area contributed by atoms with Gasteiger partial charge < -0.3 is 14.8 Å². The number of carbonyl (C=O) groups is 1. The highest BCUT2D eigenvalue weighted by Gasteiger charge is 2.58. The van der Waals surface area contributed by atoms with E-state index in [1.807, 2.05) is 6.07 Å². The van der Waals surface area contributed by atoms with Crippen molar-refractivity contribution in [1.82, 2.24) is 5.32 Å². The van der Waals surface area contributed by atoms with E-state index in [0.29, 0.717) is 34.7 Å². The lowest BCUT2D eigenvalue weighted by molar-refractivity contribution is 0.0657. The third-order valence-electron chi connectivity index (χ3n) is 5.91. The predicted octanol–water partition coefficient (Wildman–Crippen LogP) is 3.59. The minimum absolute atomic E-state index is 0.0604. The third kappa shape index (κ3) is 2.20. The van der Waals surface area contributed by atoms with Crippen molar-refractivity contribution in [2.24, 2.45) is 16.7 Å². The number of aryl methyl sites for hydroxylation is 1. The van der Waals surface area contributed by atoms with E-state index in [9.17, 15) is 4.79 Å². The Hall–Kier alpha value is -1.29. The molecule has 0 aromatic carbocycles. The van der Waals surface area contributed by atoms with Crippen molar-refractivity contribution >= 4 is 5.97 Å². The number of aromatic carboxylic acids is 1. The molecule has 1 heterocycles. The molecule has 3 atom stereocenters. The van der Waals surface area contributed by atoms with Gasteiger partial charge in [-0.15, -0.1) is 0 Å². The van der Waals surface area contributed by atoms with Crippen LogP contribution in [-0.4, -0.2) is 17.1 Å². The second-order valence-electron chi connectivity index (χ2n) is 7.76. The van der Waals surface area contributed by atoms with Gasteiger partial charge in [0.1, 0.15) is 5.76 Å². The van der Waals surface area contributed by atoms with Gasteiger partial charge in [-0.3, -0.25) is 0 Å². The summed E-state index contributed by atoms with van der Waals surface area (Å²) in [5.41, 5.74) is 1.35. The van der Waals surface area contributed by atoms with Gasteiger partial charge in [0.25, 0.3) is 0 Å². The van der Waals surface area contributed by atoms with Crippen LogP contribution < -0.4 is 5.32 Å². The van der Waals surface area contributed by atoms with E-state index in [-0.39, 0.29) is 5.76 Å². The first-order chi connectivity index (χ1) is 9.74. The van der Waals surface area contributed by atoms with Crippen LogP contribution in [0.2, 0.25) is 0 Å². The standard InChI is InChI=1S/C17H25NO3/c1-10-7-12(21-13(10)14(19)20)9-18-15-16(2,3)11-5-6-17(15,4)8-11/h7,11,15,18H,5-6,8-9H2,1-4H3,(H,19,20). The third-order valence-corrected chi connectivity index (χ3v) is 5.91. The van der Waals surface area contributed by atoms with Crippen LogP contribution in [0.3, 0.4) is 0 Å². The van der Waals surface area contributed by atoms with E-state index in [0.717, 1.165) is 5.92 Å². The molecule has 2 N–H and O–H groups in total. The summed E-state index contributed by atoms with van der Waals surface area (Å²) < 4.78 is 5.45. The summed E-state index contributed by atoms with van der Waals surface area (Å²) in [5.74, 6) is 0.580. The fourth-order valence-corrected chi connectivity index (χ4v) is 4.86. The van der Waals surface area contributed by atoms with Gasteiger partial charge in [0.2, 0.25) is 5.76 Å². The second-order valence-corrected chi connectivity index (χ2v) is 7.76. The lowest BCUT2D eigenvalue weighted by Gasteiger charge is -2.43. The topological polar surface area (TPSA) is 62.5 Å². The summed E-state index contributed by atoms with van der Waals surface area (Å²) in [6.07, 6.45) is 3.93. The number of carboxylic acids is 1. The summed E-state index contributed by atoms with van der Waals surface area (Å²) >= 11 is 0. The molecular weight excluding hydrogens is 266 g/mol. The van der Waals surface area contributed by atoms with E-state index >= 15 is 0 Å². The fraction of sp³-hybridized carbons (Fsp3) is 0.706. The number of rotatable bonds is 4. The second kappa shape index (κ2) is 4.60. The van der Waals surface area contributed by atoms with Crippen molar-refractivity contribution < 1.29 is 14.3 Å². The molecule has 3 rings (SSSR count). The molecule has 2 aliphatic carbocycles. The molecule has 0 saturated heterocycles. The van der Waals surface area contributed by atoms with Gasteiger partial charge in [-0.25, -0.2) is 4.79 Å². The highest BCUT2D eigenvalue weighted by Crippen LogP contribution is 2.62. The molecule has 2 bridgehead atoms. The molecule has 4 heteroatoms. The quantitative estimate of drug-likeness (QED) is 0.890. The molecule has 3 unspecified atom stereocenters. The van der Waals surface area contributed by atoms with Crippen LogP contribution in [0.1, 0.15) is 61.9 Å². The lowest BCUT2D eigenvalue weighted by atomic mass is 9.68. The van der Waals surface area contributed by atoms with E-state index in [1.165, 1.54) is 19.3 Å². The van der Waals surface area contributed by atoms with E-state index in [2.05, 4.69) is 26.1 Å². The smallest absolute Gasteiger partial charge is 0.372 e. The van der Waals surface area contributed by atoms with Crippen LogP contribution in [0.5, 0.6) is 0 Å². The Bertz CT molecular complexity index is 570. The maximum atomic E-state index is 11.0. The van der Waals surface area contributed by atoms with Crippen molar-refractivity contribution in [1.29, 1.82) is 0 Å². The number of hydrogen-bond acceptors (Lipinski definition) is 3. The van der Waals surface area contributed by atoms with Gasteiger partial charge in [-0.05, 0) is 49.0 Å². The van der Waals surface area contributed by atoms with Crippen LogP contribution in [0, 0.1) is 23.7 Å². The van der Waals surface area contributed by atoms with Crippen molar-refractivity contribution in [3.05, 3.63) is 23.2 Å². The van der Waals surface area contributed by atoms with Gasteiger partial charge in [-0.1, -0.05) is 20.8 Å². The average molecular weight is 291 g/mol. The Balaban J connectivity index is 1.73. The van der Waals surface area contributed by atoms with Crippen molar-refractivity contribution in [3.8, 4) is 0 Å². The van der Waals surface area contributed by atoms with Crippen molar-refractivity contribution in [3.63, 3.8) is 0 Å². The molecule has 0 radical (unpaired) electrons. The Kier molecular flexibility index (Phi) is 3.21. The number of nitrogens with one attached hydrogen (secondary N) is 1. The Morgan fingerprint density at radius 3 is 2.71 bits per heavy atom. The van der Waals surface area contributed by atoms with Crippen LogP contribution in [0.25, 0.3) is 0 Å². The van der Waals surface area contributed by atoms with Crippen LogP contribution in [0.4, 0.5) is 0 Å². The van der Waals surface area contributed by atoms with Crippen LogP contribution >= 0.6 is 0 Å².